The maximum Gasteiger partial charge on any atom is 0.272 e. The number of ether oxygens (including phenoxy) is 1. The van der Waals surface area contributed by atoms with Crippen molar-refractivity contribution in [3.05, 3.63) is 63.8 Å². The van der Waals surface area contributed by atoms with Crippen LogP contribution in [-0.4, -0.2) is 35.2 Å². The molecule has 2 aromatic carbocycles. The van der Waals surface area contributed by atoms with Gasteiger partial charge in [0.2, 0.25) is 0 Å². The highest BCUT2D eigenvalue weighted by Gasteiger charge is 2.40. The molecule has 2 atom stereocenters. The van der Waals surface area contributed by atoms with Crippen molar-refractivity contribution in [3.8, 4) is 5.75 Å². The monoisotopic (exact) mass is 525 g/mol. The Bertz CT molecular complexity index is 1330. The molecule has 34 heavy (non-hydrogen) atoms. The Hall–Kier alpha value is -2.59. The standard InChI is InChI=1S/C23H25Cl2N3O5S/c1-12(2)22(34(30,31)32)21(23(26)29)33-19-6-4-5-16-18(9-13(3)28-20(16)19)27-11-14-7-8-15(24)10-17(14)25/h4-10,12,21-22H,11H2,1-3H3,(H2,26,29)(H,27,28)(H,30,31,32). The predicted molar refractivity (Wildman–Crippen MR) is 134 cm³/mol. The number of amides is 1. The number of anilines is 1. The lowest BCUT2D eigenvalue weighted by Crippen LogP contribution is -2.49. The zero-order valence-electron chi connectivity index (χ0n) is 18.7. The highest BCUT2D eigenvalue weighted by molar-refractivity contribution is 7.86. The van der Waals surface area contributed by atoms with Crippen LogP contribution >= 0.6 is 23.2 Å². The Morgan fingerprint density at radius 2 is 1.91 bits per heavy atom. The quantitative estimate of drug-likeness (QED) is 0.347. The van der Waals surface area contributed by atoms with Crippen LogP contribution < -0.4 is 15.8 Å². The van der Waals surface area contributed by atoms with Crippen molar-refractivity contribution in [3.63, 3.8) is 0 Å². The number of aromatic nitrogens is 1. The number of fused-ring (bicyclic) bond motifs is 1. The van der Waals surface area contributed by atoms with Gasteiger partial charge in [0, 0.05) is 33.4 Å². The van der Waals surface area contributed by atoms with Crippen LogP contribution in [0.2, 0.25) is 10.0 Å². The minimum Gasteiger partial charge on any atom is -0.477 e. The molecule has 0 radical (unpaired) electrons. The summed E-state index contributed by atoms with van der Waals surface area (Å²) in [6, 6.07) is 12.1. The van der Waals surface area contributed by atoms with Crippen molar-refractivity contribution in [1.82, 2.24) is 4.98 Å². The predicted octanol–water partition coefficient (Wildman–Crippen LogP) is 4.61. The molecule has 0 aliphatic rings. The van der Waals surface area contributed by atoms with Gasteiger partial charge in [0.05, 0.1) is 0 Å². The molecule has 0 aliphatic carbocycles. The van der Waals surface area contributed by atoms with Crippen LogP contribution in [0, 0.1) is 12.8 Å². The van der Waals surface area contributed by atoms with Gasteiger partial charge in [-0.2, -0.15) is 8.42 Å². The normalized spacial score (nSPS) is 13.6. The summed E-state index contributed by atoms with van der Waals surface area (Å²) in [7, 11) is -4.63. The van der Waals surface area contributed by atoms with Crippen LogP contribution in [0.3, 0.4) is 0 Å². The molecular formula is C23H25Cl2N3O5S. The number of carbonyl (C=O) groups excluding carboxylic acids is 1. The molecule has 0 saturated heterocycles. The minimum absolute atomic E-state index is 0.159. The van der Waals surface area contributed by atoms with E-state index in [0.717, 1.165) is 11.3 Å². The zero-order chi connectivity index (χ0) is 25.2. The second kappa shape index (κ2) is 10.4. The van der Waals surface area contributed by atoms with Gasteiger partial charge in [0.25, 0.3) is 16.0 Å². The summed E-state index contributed by atoms with van der Waals surface area (Å²) < 4.78 is 39.5. The molecule has 0 spiro atoms. The SMILES string of the molecule is Cc1cc(NCc2ccc(Cl)cc2Cl)c2cccc(OC(C(N)=O)C(C(C)C)S(=O)(=O)O)c2n1. The maximum atomic E-state index is 12.1. The minimum atomic E-state index is -4.63. The van der Waals surface area contributed by atoms with Crippen molar-refractivity contribution in [2.24, 2.45) is 11.7 Å². The van der Waals surface area contributed by atoms with Crippen molar-refractivity contribution in [2.75, 3.05) is 5.32 Å². The molecule has 0 fully saturated rings. The van der Waals surface area contributed by atoms with Crippen molar-refractivity contribution in [2.45, 2.75) is 38.7 Å². The molecule has 2 unspecified atom stereocenters. The smallest absolute Gasteiger partial charge is 0.272 e. The van der Waals surface area contributed by atoms with Gasteiger partial charge in [-0.3, -0.25) is 9.35 Å². The second-order valence-electron chi connectivity index (χ2n) is 8.22. The van der Waals surface area contributed by atoms with E-state index in [0.29, 0.717) is 33.2 Å². The lowest BCUT2D eigenvalue weighted by molar-refractivity contribution is -0.125. The van der Waals surface area contributed by atoms with Gasteiger partial charge >= 0.3 is 0 Å². The molecule has 1 heterocycles. The summed E-state index contributed by atoms with van der Waals surface area (Å²) in [5, 5.41) is 3.51. The number of nitrogens with zero attached hydrogens (tertiary/aromatic N) is 1. The number of halogens is 2. The van der Waals surface area contributed by atoms with Gasteiger partial charge in [0.15, 0.2) is 6.10 Å². The van der Waals surface area contributed by atoms with Crippen LogP contribution in [0.25, 0.3) is 10.9 Å². The highest BCUT2D eigenvalue weighted by atomic mass is 35.5. The third kappa shape index (κ3) is 5.90. The maximum absolute atomic E-state index is 12.1. The first kappa shape index (κ1) is 26.0. The summed E-state index contributed by atoms with van der Waals surface area (Å²) >= 11 is 12.2. The first-order chi connectivity index (χ1) is 15.9. The number of hydrogen-bond acceptors (Lipinski definition) is 6. The Balaban J connectivity index is 2.01. The summed E-state index contributed by atoms with van der Waals surface area (Å²) in [4.78, 5) is 16.7. The molecule has 11 heteroatoms. The van der Waals surface area contributed by atoms with E-state index in [1.165, 1.54) is 0 Å². The summed E-state index contributed by atoms with van der Waals surface area (Å²) in [6.45, 7) is 5.29. The Labute approximate surface area is 208 Å². The van der Waals surface area contributed by atoms with Gasteiger partial charge in [-0.25, -0.2) is 4.98 Å². The van der Waals surface area contributed by atoms with E-state index < -0.39 is 33.3 Å². The highest BCUT2D eigenvalue weighted by Crippen LogP contribution is 2.33. The molecule has 1 aromatic heterocycles. The number of para-hydroxylation sites is 1. The second-order valence-corrected chi connectivity index (χ2v) is 10.6. The molecule has 0 bridgehead atoms. The number of rotatable bonds is 9. The molecule has 3 rings (SSSR count). The average molecular weight is 526 g/mol. The van der Waals surface area contributed by atoms with E-state index in [1.807, 2.05) is 18.2 Å². The van der Waals surface area contributed by atoms with Gasteiger partial charge in [-0.1, -0.05) is 55.2 Å². The first-order valence-electron chi connectivity index (χ1n) is 10.4. The van der Waals surface area contributed by atoms with Gasteiger partial charge in [0.1, 0.15) is 16.5 Å². The molecule has 182 valence electrons. The molecule has 1 amide bonds. The lowest BCUT2D eigenvalue weighted by Gasteiger charge is -2.26. The number of primary amides is 1. The molecule has 4 N–H and O–H groups in total. The van der Waals surface area contributed by atoms with Crippen LogP contribution in [0.4, 0.5) is 5.69 Å². The van der Waals surface area contributed by atoms with E-state index in [2.05, 4.69) is 10.3 Å². The van der Waals surface area contributed by atoms with Gasteiger partial charge < -0.3 is 15.8 Å². The Kier molecular flexibility index (Phi) is 7.92. The fourth-order valence-electron chi connectivity index (χ4n) is 3.72. The zero-order valence-corrected chi connectivity index (χ0v) is 21.1. The Morgan fingerprint density at radius 1 is 1.21 bits per heavy atom. The summed E-state index contributed by atoms with van der Waals surface area (Å²) in [5.41, 5.74) is 8.08. The van der Waals surface area contributed by atoms with E-state index in [1.54, 1.807) is 45.0 Å². The van der Waals surface area contributed by atoms with Gasteiger partial charge in [-0.05, 0) is 42.7 Å². The van der Waals surface area contributed by atoms with E-state index in [4.69, 9.17) is 33.7 Å². The number of pyridine rings is 1. The third-order valence-corrected chi connectivity index (χ3v) is 7.32. The topological polar surface area (TPSA) is 132 Å². The van der Waals surface area contributed by atoms with E-state index >= 15 is 0 Å². The number of nitrogens with two attached hydrogens (primary N) is 1. The molecule has 0 aliphatic heterocycles. The third-order valence-electron chi connectivity index (χ3n) is 5.25. The largest absolute Gasteiger partial charge is 0.477 e. The molecule has 3 aromatic rings. The average Bonchev–Trinajstić information content (AvgIpc) is 2.71. The lowest BCUT2D eigenvalue weighted by atomic mass is 10.0. The number of aryl methyl sites for hydroxylation is 1. The van der Waals surface area contributed by atoms with Crippen molar-refractivity contribution < 1.29 is 22.5 Å². The van der Waals surface area contributed by atoms with E-state index in [-0.39, 0.29) is 5.75 Å². The van der Waals surface area contributed by atoms with Crippen molar-refractivity contribution >= 4 is 55.8 Å². The van der Waals surface area contributed by atoms with Crippen LogP contribution in [-0.2, 0) is 21.5 Å². The molecular weight excluding hydrogens is 501 g/mol. The number of benzene rings is 2. The van der Waals surface area contributed by atoms with Crippen LogP contribution in [0.15, 0.2) is 42.5 Å². The molecule has 8 nitrogen and oxygen atoms in total. The number of carbonyl (C=O) groups is 1. The van der Waals surface area contributed by atoms with E-state index in [9.17, 15) is 17.8 Å². The fraction of sp³-hybridized carbons (Fsp3) is 0.304. The fourth-order valence-corrected chi connectivity index (χ4v) is 5.39. The summed E-state index contributed by atoms with van der Waals surface area (Å²) in [5.74, 6) is -1.50. The Morgan fingerprint density at radius 3 is 2.50 bits per heavy atom. The number of hydrogen-bond donors (Lipinski definition) is 3. The van der Waals surface area contributed by atoms with Crippen LogP contribution in [0.1, 0.15) is 25.1 Å². The number of nitrogens with one attached hydrogen (secondary N) is 1. The van der Waals surface area contributed by atoms with Crippen LogP contribution in [0.5, 0.6) is 5.75 Å². The van der Waals surface area contributed by atoms with Gasteiger partial charge in [-0.15, -0.1) is 0 Å². The van der Waals surface area contributed by atoms with Crippen molar-refractivity contribution in [1.29, 1.82) is 0 Å². The summed E-state index contributed by atoms with van der Waals surface area (Å²) in [6.07, 6.45) is -1.62. The first-order valence-corrected chi connectivity index (χ1v) is 12.6. The molecule has 0 saturated carbocycles.